The van der Waals surface area contributed by atoms with Gasteiger partial charge < -0.3 is 20.2 Å². The molecule has 2 saturated heterocycles. The molecule has 2 amide bonds. The van der Waals surface area contributed by atoms with Crippen LogP contribution < -0.4 is 5.32 Å². The second-order valence-corrected chi connectivity index (χ2v) is 14.4. The number of rotatable bonds is 10. The minimum Gasteiger partial charge on any atom is -0.480 e. The van der Waals surface area contributed by atoms with Gasteiger partial charge in [0, 0.05) is 56.3 Å². The van der Waals surface area contributed by atoms with Crippen molar-refractivity contribution in [2.24, 2.45) is 11.8 Å². The number of carbonyl (C=O) groups excluding carboxylic acids is 1. The molecule has 246 valence electrons. The van der Waals surface area contributed by atoms with Crippen LogP contribution >= 0.6 is 11.6 Å². The van der Waals surface area contributed by atoms with Gasteiger partial charge in [0.05, 0.1) is 5.54 Å². The van der Waals surface area contributed by atoms with Gasteiger partial charge in [-0.1, -0.05) is 55.1 Å². The van der Waals surface area contributed by atoms with Gasteiger partial charge in [0.15, 0.2) is 0 Å². The summed E-state index contributed by atoms with van der Waals surface area (Å²) in [6.07, 6.45) is 7.07. The van der Waals surface area contributed by atoms with Crippen molar-refractivity contribution in [3.05, 3.63) is 70.5 Å². The number of nitrogens with one attached hydrogen (secondary N) is 1. The Bertz CT molecular complexity index is 1290. The van der Waals surface area contributed by atoms with E-state index in [-0.39, 0.29) is 35.6 Å². The normalized spacial score (nSPS) is 23.1. The van der Waals surface area contributed by atoms with Crippen molar-refractivity contribution < 1.29 is 19.1 Å². The van der Waals surface area contributed by atoms with Gasteiger partial charge in [-0.15, -0.1) is 0 Å². The predicted octanol–water partition coefficient (Wildman–Crippen LogP) is 6.96. The van der Waals surface area contributed by atoms with Gasteiger partial charge in [0.1, 0.15) is 11.9 Å². The van der Waals surface area contributed by atoms with Gasteiger partial charge in [-0.25, -0.2) is 9.18 Å². The van der Waals surface area contributed by atoms with Gasteiger partial charge in [0.25, 0.3) is 0 Å². The van der Waals surface area contributed by atoms with Crippen LogP contribution in [0.4, 0.5) is 9.18 Å². The van der Waals surface area contributed by atoms with Gasteiger partial charge >= 0.3 is 12.0 Å². The number of aliphatic carboxylic acids is 1. The topological polar surface area (TPSA) is 76.1 Å². The first-order valence-electron chi connectivity index (χ1n) is 16.8. The van der Waals surface area contributed by atoms with Crippen molar-refractivity contribution >= 4 is 23.6 Å². The maximum absolute atomic E-state index is 14.4. The molecular formula is C36H50ClFN4O3. The molecule has 0 aromatic heterocycles. The smallest absolute Gasteiger partial charge is 0.321 e. The largest absolute Gasteiger partial charge is 0.480 e. The molecule has 5 rings (SSSR count). The lowest BCUT2D eigenvalue weighted by molar-refractivity contribution is -0.145. The van der Waals surface area contributed by atoms with Gasteiger partial charge in [-0.2, -0.15) is 0 Å². The molecule has 2 N–H and O–H groups in total. The van der Waals surface area contributed by atoms with E-state index in [1.807, 2.05) is 56.0 Å². The Kier molecular flexibility index (Phi) is 11.1. The van der Waals surface area contributed by atoms with E-state index in [0.29, 0.717) is 24.7 Å². The summed E-state index contributed by atoms with van der Waals surface area (Å²) >= 11 is 6.08. The zero-order chi connectivity index (χ0) is 32.1. The van der Waals surface area contributed by atoms with Gasteiger partial charge in [-0.3, -0.25) is 9.69 Å². The standard InChI is InChI=1S/C36H50ClFN4O3/c1-4-42(35(45)39-36(2,3)28-13-15-29(37)16-14-28)31-17-19-40(20-18-31)22-27-23-41(24-32(27)26-11-8-12-30(38)21-26)33(34(43)44)25-9-6-5-7-10-25/h8,11-16,21,25,27,31-33H,4-7,9-10,17-20,22-24H2,1-3H3,(H,39,45)(H,43,44). The number of halogens is 2. The number of nitrogens with zero attached hydrogens (tertiary/aromatic N) is 3. The molecule has 0 radical (unpaired) electrons. The first-order valence-corrected chi connectivity index (χ1v) is 17.2. The Morgan fingerprint density at radius 2 is 1.73 bits per heavy atom. The van der Waals surface area contributed by atoms with Crippen LogP contribution in [-0.2, 0) is 10.3 Å². The Balaban J connectivity index is 1.23. The fourth-order valence-electron chi connectivity index (χ4n) is 8.13. The second-order valence-electron chi connectivity index (χ2n) is 13.9. The molecule has 3 atom stereocenters. The fraction of sp³-hybridized carbons (Fsp3) is 0.611. The molecule has 2 aliphatic heterocycles. The number of hydrogen-bond acceptors (Lipinski definition) is 4. The summed E-state index contributed by atoms with van der Waals surface area (Å²) in [6, 6.07) is 14.1. The molecule has 9 heteroatoms. The molecular weight excluding hydrogens is 591 g/mol. The summed E-state index contributed by atoms with van der Waals surface area (Å²) in [4.78, 5) is 32.7. The minimum atomic E-state index is -0.724. The van der Waals surface area contributed by atoms with E-state index in [4.69, 9.17) is 11.6 Å². The van der Waals surface area contributed by atoms with Gasteiger partial charge in [0.2, 0.25) is 0 Å². The highest BCUT2D eigenvalue weighted by atomic mass is 35.5. The maximum Gasteiger partial charge on any atom is 0.321 e. The highest BCUT2D eigenvalue weighted by Crippen LogP contribution is 2.39. The SMILES string of the molecule is CCN(C(=O)NC(C)(C)c1ccc(Cl)cc1)C1CCN(CC2CN(C(C(=O)O)C3CCCCC3)CC2c2cccc(F)c2)CC1. The average Bonchev–Trinajstić information content (AvgIpc) is 3.41. The highest BCUT2D eigenvalue weighted by Gasteiger charge is 2.43. The average molecular weight is 641 g/mol. The summed E-state index contributed by atoms with van der Waals surface area (Å²) in [5.41, 5.74) is 1.42. The minimum absolute atomic E-state index is 0.0593. The van der Waals surface area contributed by atoms with E-state index in [1.54, 1.807) is 12.1 Å². The number of carboxylic acids is 1. The van der Waals surface area contributed by atoms with Crippen molar-refractivity contribution in [3.63, 3.8) is 0 Å². The summed E-state index contributed by atoms with van der Waals surface area (Å²) in [7, 11) is 0. The van der Waals surface area contributed by atoms with Crippen molar-refractivity contribution in [3.8, 4) is 0 Å². The number of carboxylic acid groups (broad SMARTS) is 1. The molecule has 3 unspecified atom stereocenters. The molecule has 3 aliphatic rings. The molecule has 7 nitrogen and oxygen atoms in total. The Morgan fingerprint density at radius 3 is 2.36 bits per heavy atom. The summed E-state index contributed by atoms with van der Waals surface area (Å²) < 4.78 is 14.4. The molecule has 2 heterocycles. The zero-order valence-corrected chi connectivity index (χ0v) is 27.8. The number of amides is 2. The van der Waals surface area contributed by atoms with Crippen LogP contribution in [0.25, 0.3) is 0 Å². The van der Waals surface area contributed by atoms with Crippen molar-refractivity contribution in [2.75, 3.05) is 39.3 Å². The molecule has 45 heavy (non-hydrogen) atoms. The zero-order valence-electron chi connectivity index (χ0n) is 27.1. The number of urea groups is 1. The van der Waals surface area contributed by atoms with Crippen LogP contribution in [0, 0.1) is 17.7 Å². The van der Waals surface area contributed by atoms with Crippen molar-refractivity contribution in [1.82, 2.24) is 20.0 Å². The second kappa shape index (κ2) is 14.8. The maximum atomic E-state index is 14.4. The predicted molar refractivity (Wildman–Crippen MR) is 177 cm³/mol. The number of carbonyl (C=O) groups is 2. The van der Waals surface area contributed by atoms with E-state index in [2.05, 4.69) is 15.1 Å². The molecule has 0 spiro atoms. The Labute approximate surface area is 273 Å². The quantitative estimate of drug-likeness (QED) is 0.294. The molecule has 3 fully saturated rings. The van der Waals surface area contributed by atoms with Crippen LogP contribution in [0.2, 0.25) is 5.02 Å². The Hall–Kier alpha value is -2.68. The Morgan fingerprint density at radius 1 is 1.04 bits per heavy atom. The lowest BCUT2D eigenvalue weighted by Crippen LogP contribution is -2.54. The molecule has 2 aromatic rings. The first kappa shape index (κ1) is 33.7. The lowest BCUT2D eigenvalue weighted by Gasteiger charge is -2.40. The van der Waals surface area contributed by atoms with Crippen molar-refractivity contribution in [2.45, 2.75) is 89.3 Å². The fourth-order valence-corrected chi connectivity index (χ4v) is 8.25. The van der Waals surface area contributed by atoms with Crippen LogP contribution in [0.15, 0.2) is 48.5 Å². The number of hydrogen-bond donors (Lipinski definition) is 2. The summed E-state index contributed by atoms with van der Waals surface area (Å²) in [5.74, 6) is -0.505. The first-order chi connectivity index (χ1) is 21.6. The lowest BCUT2D eigenvalue weighted by atomic mass is 9.83. The van der Waals surface area contributed by atoms with E-state index >= 15 is 0 Å². The molecule has 1 aliphatic carbocycles. The van der Waals surface area contributed by atoms with Crippen LogP contribution in [0.1, 0.15) is 82.8 Å². The third-order valence-electron chi connectivity index (χ3n) is 10.6. The molecule has 0 bridgehead atoms. The van der Waals surface area contributed by atoms with E-state index in [0.717, 1.165) is 69.3 Å². The van der Waals surface area contributed by atoms with Crippen LogP contribution in [0.3, 0.4) is 0 Å². The van der Waals surface area contributed by atoms with Crippen molar-refractivity contribution in [1.29, 1.82) is 0 Å². The van der Waals surface area contributed by atoms with E-state index in [9.17, 15) is 19.1 Å². The van der Waals surface area contributed by atoms with Crippen LogP contribution in [0.5, 0.6) is 0 Å². The summed E-state index contributed by atoms with van der Waals surface area (Å²) in [5, 5.41) is 14.2. The van der Waals surface area contributed by atoms with Crippen LogP contribution in [-0.4, -0.2) is 83.2 Å². The molecule has 1 saturated carbocycles. The highest BCUT2D eigenvalue weighted by molar-refractivity contribution is 6.30. The van der Waals surface area contributed by atoms with E-state index in [1.165, 1.54) is 12.5 Å². The number of benzene rings is 2. The summed E-state index contributed by atoms with van der Waals surface area (Å²) in [6.45, 7) is 10.6. The van der Waals surface area contributed by atoms with E-state index < -0.39 is 17.6 Å². The third-order valence-corrected chi connectivity index (χ3v) is 10.8. The third kappa shape index (κ3) is 8.19. The number of likely N-dealkylation sites (tertiary alicyclic amines) is 2. The molecule has 2 aromatic carbocycles. The monoisotopic (exact) mass is 640 g/mol. The number of piperidine rings is 1. The van der Waals surface area contributed by atoms with Gasteiger partial charge in [-0.05, 0) is 93.7 Å².